The molecule has 0 spiro atoms. The van der Waals surface area contributed by atoms with Gasteiger partial charge in [0.2, 0.25) is 5.91 Å². The third-order valence-corrected chi connectivity index (χ3v) is 4.18. The van der Waals surface area contributed by atoms with Gasteiger partial charge in [-0.2, -0.15) is 0 Å². The number of nitrogens with one attached hydrogen (secondary N) is 1. The van der Waals surface area contributed by atoms with Crippen LogP contribution in [-0.2, 0) is 4.79 Å². The average molecular weight is 351 g/mol. The number of ether oxygens (including phenoxy) is 2. The molecule has 0 aliphatic heterocycles. The summed E-state index contributed by atoms with van der Waals surface area (Å²) in [6, 6.07) is 5.32. The van der Waals surface area contributed by atoms with Crippen LogP contribution >= 0.6 is 11.8 Å². The fourth-order valence-electron chi connectivity index (χ4n) is 1.94. The smallest absolute Gasteiger partial charge is 0.277 e. The van der Waals surface area contributed by atoms with E-state index in [1.54, 1.807) is 39.3 Å². The van der Waals surface area contributed by atoms with Crippen molar-refractivity contribution in [3.63, 3.8) is 0 Å². The lowest BCUT2D eigenvalue weighted by Gasteiger charge is -2.08. The number of nitrogens with zero attached hydrogens (tertiary/aromatic N) is 2. The topological polar surface area (TPSA) is 86.5 Å². The van der Waals surface area contributed by atoms with Crippen molar-refractivity contribution in [1.82, 2.24) is 15.5 Å². The van der Waals surface area contributed by atoms with Crippen LogP contribution < -0.4 is 14.8 Å². The molecule has 2 aromatic rings. The highest BCUT2D eigenvalue weighted by Crippen LogP contribution is 2.34. The van der Waals surface area contributed by atoms with E-state index in [1.165, 1.54) is 11.8 Å². The van der Waals surface area contributed by atoms with Crippen LogP contribution in [0.15, 0.2) is 27.8 Å². The van der Waals surface area contributed by atoms with E-state index >= 15 is 0 Å². The third-order valence-electron chi connectivity index (χ3n) is 3.24. The lowest BCUT2D eigenvalue weighted by atomic mass is 10.2. The van der Waals surface area contributed by atoms with Gasteiger partial charge in [0.1, 0.15) is 11.5 Å². The summed E-state index contributed by atoms with van der Waals surface area (Å²) in [4.78, 5) is 11.9. The number of rotatable bonds is 8. The van der Waals surface area contributed by atoms with Crippen molar-refractivity contribution in [3.8, 4) is 23.0 Å². The summed E-state index contributed by atoms with van der Waals surface area (Å²) in [6.45, 7) is 4.46. The first-order chi connectivity index (χ1) is 11.6. The Kier molecular flexibility index (Phi) is 6.48. The fourth-order valence-corrected chi connectivity index (χ4v) is 2.65. The van der Waals surface area contributed by atoms with E-state index in [0.717, 1.165) is 6.42 Å². The van der Waals surface area contributed by atoms with E-state index in [2.05, 4.69) is 15.5 Å². The van der Waals surface area contributed by atoms with E-state index in [-0.39, 0.29) is 11.2 Å². The summed E-state index contributed by atoms with van der Waals surface area (Å²) in [5.41, 5.74) is 0.667. The maximum atomic E-state index is 11.9. The molecule has 1 amide bonds. The Balaban J connectivity index is 2.12. The predicted molar refractivity (Wildman–Crippen MR) is 91.5 cm³/mol. The van der Waals surface area contributed by atoms with Crippen molar-refractivity contribution in [2.24, 2.45) is 0 Å². The molecule has 8 heteroatoms. The van der Waals surface area contributed by atoms with E-state index in [4.69, 9.17) is 13.9 Å². The molecular weight excluding hydrogens is 330 g/mol. The van der Waals surface area contributed by atoms with Gasteiger partial charge in [0.25, 0.3) is 11.1 Å². The maximum Gasteiger partial charge on any atom is 0.277 e. The predicted octanol–water partition coefficient (Wildman–Crippen LogP) is 2.76. The van der Waals surface area contributed by atoms with Gasteiger partial charge >= 0.3 is 0 Å². The van der Waals surface area contributed by atoms with Crippen LogP contribution in [0.3, 0.4) is 0 Å². The molecule has 0 saturated heterocycles. The van der Waals surface area contributed by atoms with Crippen molar-refractivity contribution < 1.29 is 18.7 Å². The zero-order valence-electron chi connectivity index (χ0n) is 14.2. The summed E-state index contributed by atoms with van der Waals surface area (Å²) in [5.74, 6) is 1.52. The summed E-state index contributed by atoms with van der Waals surface area (Å²) in [6.07, 6.45) is 0.894. The molecule has 1 aromatic heterocycles. The molecule has 0 bridgehead atoms. The maximum absolute atomic E-state index is 11.9. The number of hydrogen-bond donors (Lipinski definition) is 1. The van der Waals surface area contributed by atoms with Crippen molar-refractivity contribution >= 4 is 17.7 Å². The van der Waals surface area contributed by atoms with Gasteiger partial charge in [-0.15, -0.1) is 10.2 Å². The van der Waals surface area contributed by atoms with Crippen molar-refractivity contribution in [3.05, 3.63) is 18.2 Å². The van der Waals surface area contributed by atoms with Gasteiger partial charge < -0.3 is 19.2 Å². The summed E-state index contributed by atoms with van der Waals surface area (Å²) in [5, 5.41) is 10.9. The molecule has 0 radical (unpaired) electrons. The van der Waals surface area contributed by atoms with Crippen LogP contribution in [0.25, 0.3) is 11.5 Å². The summed E-state index contributed by atoms with van der Waals surface area (Å²) >= 11 is 1.22. The number of hydrogen-bond acceptors (Lipinski definition) is 7. The number of thioether (sulfide) groups is 1. The highest BCUT2D eigenvalue weighted by atomic mass is 32.2. The number of carbonyl (C=O) groups is 1. The van der Waals surface area contributed by atoms with Gasteiger partial charge in [-0.3, -0.25) is 4.79 Å². The normalized spacial score (nSPS) is 11.8. The monoisotopic (exact) mass is 351 g/mol. The largest absolute Gasteiger partial charge is 0.497 e. The number of benzene rings is 1. The van der Waals surface area contributed by atoms with Crippen LogP contribution in [0.2, 0.25) is 0 Å². The highest BCUT2D eigenvalue weighted by molar-refractivity contribution is 8.00. The van der Waals surface area contributed by atoms with Crippen molar-refractivity contribution in [2.75, 3.05) is 20.8 Å². The SMILES string of the molecule is CCCNC(=O)[C@H](C)Sc1nnc(-c2ccc(OC)cc2OC)o1. The molecule has 1 aromatic carbocycles. The first-order valence-electron chi connectivity index (χ1n) is 7.59. The highest BCUT2D eigenvalue weighted by Gasteiger charge is 2.19. The van der Waals surface area contributed by atoms with Crippen LogP contribution in [-0.4, -0.2) is 42.1 Å². The lowest BCUT2D eigenvalue weighted by molar-refractivity contribution is -0.120. The second-order valence-electron chi connectivity index (χ2n) is 4.99. The molecule has 7 nitrogen and oxygen atoms in total. The number of methoxy groups -OCH3 is 2. The first-order valence-corrected chi connectivity index (χ1v) is 8.47. The molecule has 1 heterocycles. The van der Waals surface area contributed by atoms with Gasteiger partial charge in [-0.05, 0) is 25.5 Å². The second-order valence-corrected chi connectivity index (χ2v) is 6.28. The zero-order valence-corrected chi connectivity index (χ0v) is 15.0. The van der Waals surface area contributed by atoms with E-state index in [1.807, 2.05) is 6.92 Å². The molecule has 0 aliphatic rings. The van der Waals surface area contributed by atoms with Gasteiger partial charge in [0, 0.05) is 12.6 Å². The molecule has 1 N–H and O–H groups in total. The summed E-state index contributed by atoms with van der Waals surface area (Å²) < 4.78 is 16.2. The van der Waals surface area contributed by atoms with Crippen LogP contribution in [0.5, 0.6) is 11.5 Å². The standard InChI is InChI=1S/C16H21N3O4S/c1-5-8-17-14(20)10(2)24-16-19-18-15(23-16)12-7-6-11(21-3)9-13(12)22-4/h6-7,9-10H,5,8H2,1-4H3,(H,17,20)/t10-/m0/s1. The van der Waals surface area contributed by atoms with Crippen LogP contribution in [0, 0.1) is 0 Å². The Bertz CT molecular complexity index is 690. The average Bonchev–Trinajstić information content (AvgIpc) is 3.07. The van der Waals surface area contributed by atoms with E-state index in [9.17, 15) is 4.79 Å². The number of carbonyl (C=O) groups excluding carboxylic acids is 1. The summed E-state index contributed by atoms with van der Waals surface area (Å²) in [7, 11) is 3.14. The Morgan fingerprint density at radius 3 is 2.79 bits per heavy atom. The minimum absolute atomic E-state index is 0.0522. The van der Waals surface area contributed by atoms with Crippen LogP contribution in [0.1, 0.15) is 20.3 Å². The second kappa shape index (κ2) is 8.58. The minimum atomic E-state index is -0.317. The van der Waals surface area contributed by atoms with Crippen molar-refractivity contribution in [1.29, 1.82) is 0 Å². The van der Waals surface area contributed by atoms with Gasteiger partial charge in [-0.25, -0.2) is 0 Å². The van der Waals surface area contributed by atoms with Gasteiger partial charge in [0.15, 0.2) is 0 Å². The molecule has 2 rings (SSSR count). The van der Waals surface area contributed by atoms with E-state index in [0.29, 0.717) is 34.7 Å². The molecule has 0 fully saturated rings. The van der Waals surface area contributed by atoms with Gasteiger partial charge in [0.05, 0.1) is 25.0 Å². The molecule has 130 valence electrons. The molecular formula is C16H21N3O4S. The molecule has 0 saturated carbocycles. The Hall–Kier alpha value is -2.22. The van der Waals surface area contributed by atoms with Gasteiger partial charge in [-0.1, -0.05) is 18.7 Å². The fraction of sp³-hybridized carbons (Fsp3) is 0.438. The molecule has 1 atom stereocenters. The number of aromatic nitrogens is 2. The minimum Gasteiger partial charge on any atom is -0.497 e. The molecule has 0 aliphatic carbocycles. The first kappa shape index (κ1) is 18.1. The Morgan fingerprint density at radius 2 is 2.12 bits per heavy atom. The third kappa shape index (κ3) is 4.41. The Labute approximate surface area is 145 Å². The molecule has 24 heavy (non-hydrogen) atoms. The van der Waals surface area contributed by atoms with Crippen molar-refractivity contribution in [2.45, 2.75) is 30.7 Å². The zero-order chi connectivity index (χ0) is 17.5. The van der Waals surface area contributed by atoms with E-state index < -0.39 is 0 Å². The van der Waals surface area contributed by atoms with Crippen LogP contribution in [0.4, 0.5) is 0 Å². The Morgan fingerprint density at radius 1 is 1.33 bits per heavy atom. The quantitative estimate of drug-likeness (QED) is 0.732. The number of amides is 1. The molecule has 0 unspecified atom stereocenters. The lowest BCUT2D eigenvalue weighted by Crippen LogP contribution is -2.31.